The SMILES string of the molecule is CCc1nccn1-c1ncc(F)cc1CNCC(C)C. The Morgan fingerprint density at radius 3 is 2.85 bits per heavy atom. The van der Waals surface area contributed by atoms with Crippen molar-refractivity contribution in [2.45, 2.75) is 33.7 Å². The molecule has 0 amide bonds. The van der Waals surface area contributed by atoms with Gasteiger partial charge in [-0.05, 0) is 18.5 Å². The maximum atomic E-state index is 13.4. The molecule has 4 nitrogen and oxygen atoms in total. The first-order valence-corrected chi connectivity index (χ1v) is 6.99. The molecule has 2 aromatic heterocycles. The molecule has 0 unspecified atom stereocenters. The highest BCUT2D eigenvalue weighted by atomic mass is 19.1. The quantitative estimate of drug-likeness (QED) is 0.882. The third kappa shape index (κ3) is 3.42. The van der Waals surface area contributed by atoms with Gasteiger partial charge in [-0.3, -0.25) is 4.57 Å². The van der Waals surface area contributed by atoms with Crippen molar-refractivity contribution < 1.29 is 4.39 Å². The number of halogens is 1. The normalized spacial score (nSPS) is 11.2. The van der Waals surface area contributed by atoms with Gasteiger partial charge in [-0.2, -0.15) is 0 Å². The lowest BCUT2D eigenvalue weighted by atomic mass is 10.2. The van der Waals surface area contributed by atoms with Crippen LogP contribution < -0.4 is 5.32 Å². The molecule has 0 atom stereocenters. The van der Waals surface area contributed by atoms with Gasteiger partial charge in [-0.25, -0.2) is 14.4 Å². The summed E-state index contributed by atoms with van der Waals surface area (Å²) in [5.41, 5.74) is 0.846. The standard InChI is InChI=1S/C15H21FN4/c1-4-14-18-5-6-20(14)15-12(7-13(16)10-19-15)9-17-8-11(2)3/h5-7,10-11,17H,4,8-9H2,1-3H3. The van der Waals surface area contributed by atoms with Crippen LogP contribution in [-0.2, 0) is 13.0 Å². The Kier molecular flexibility index (Phi) is 4.84. The minimum atomic E-state index is -0.312. The van der Waals surface area contributed by atoms with Gasteiger partial charge in [-0.15, -0.1) is 0 Å². The van der Waals surface area contributed by atoms with Crippen molar-refractivity contribution in [1.82, 2.24) is 19.9 Å². The highest BCUT2D eigenvalue weighted by Gasteiger charge is 2.11. The largest absolute Gasteiger partial charge is 0.312 e. The van der Waals surface area contributed by atoms with Gasteiger partial charge in [0.05, 0.1) is 6.20 Å². The van der Waals surface area contributed by atoms with Gasteiger partial charge in [0, 0.05) is 30.9 Å². The smallest absolute Gasteiger partial charge is 0.142 e. The summed E-state index contributed by atoms with van der Waals surface area (Å²) < 4.78 is 15.4. The van der Waals surface area contributed by atoms with Crippen LogP contribution in [0.15, 0.2) is 24.7 Å². The predicted octanol–water partition coefficient (Wildman–Crippen LogP) is 2.71. The Labute approximate surface area is 119 Å². The number of imidazole rings is 1. The number of hydrogen-bond donors (Lipinski definition) is 1. The summed E-state index contributed by atoms with van der Waals surface area (Å²) in [4.78, 5) is 8.53. The van der Waals surface area contributed by atoms with Crippen LogP contribution in [0.1, 0.15) is 32.2 Å². The van der Waals surface area contributed by atoms with Gasteiger partial charge in [0.2, 0.25) is 0 Å². The van der Waals surface area contributed by atoms with E-state index in [2.05, 4.69) is 29.1 Å². The summed E-state index contributed by atoms with van der Waals surface area (Å²) >= 11 is 0. The molecule has 2 rings (SSSR count). The zero-order valence-corrected chi connectivity index (χ0v) is 12.2. The van der Waals surface area contributed by atoms with E-state index >= 15 is 0 Å². The first-order chi connectivity index (χ1) is 9.61. The van der Waals surface area contributed by atoms with Gasteiger partial charge >= 0.3 is 0 Å². The third-order valence-electron chi connectivity index (χ3n) is 3.04. The van der Waals surface area contributed by atoms with Crippen molar-refractivity contribution >= 4 is 0 Å². The monoisotopic (exact) mass is 276 g/mol. The van der Waals surface area contributed by atoms with Crippen molar-refractivity contribution in [2.75, 3.05) is 6.54 Å². The molecule has 20 heavy (non-hydrogen) atoms. The van der Waals surface area contributed by atoms with E-state index < -0.39 is 0 Å². The lowest BCUT2D eigenvalue weighted by Crippen LogP contribution is -2.20. The van der Waals surface area contributed by atoms with Gasteiger partial charge in [0.25, 0.3) is 0 Å². The first kappa shape index (κ1) is 14.7. The lowest BCUT2D eigenvalue weighted by Gasteiger charge is -2.13. The predicted molar refractivity (Wildman–Crippen MR) is 77.2 cm³/mol. The zero-order valence-electron chi connectivity index (χ0n) is 12.2. The maximum absolute atomic E-state index is 13.4. The Bertz CT molecular complexity index is 563. The third-order valence-corrected chi connectivity index (χ3v) is 3.04. The fourth-order valence-corrected chi connectivity index (χ4v) is 2.11. The van der Waals surface area contributed by atoms with Crippen LogP contribution in [0.4, 0.5) is 4.39 Å². The summed E-state index contributed by atoms with van der Waals surface area (Å²) in [5.74, 6) is 1.92. The Morgan fingerprint density at radius 2 is 2.15 bits per heavy atom. The van der Waals surface area contributed by atoms with Crippen molar-refractivity contribution in [3.63, 3.8) is 0 Å². The Balaban J connectivity index is 2.28. The van der Waals surface area contributed by atoms with Gasteiger partial charge in [-0.1, -0.05) is 20.8 Å². The Hall–Kier alpha value is -1.75. The molecule has 5 heteroatoms. The van der Waals surface area contributed by atoms with Crippen LogP contribution in [0.25, 0.3) is 5.82 Å². The minimum absolute atomic E-state index is 0.312. The number of aryl methyl sites for hydroxylation is 1. The average Bonchev–Trinajstić information content (AvgIpc) is 2.86. The second-order valence-corrected chi connectivity index (χ2v) is 5.23. The molecule has 1 N–H and O–H groups in total. The zero-order chi connectivity index (χ0) is 14.5. The van der Waals surface area contributed by atoms with E-state index in [1.807, 2.05) is 17.7 Å². The Morgan fingerprint density at radius 1 is 1.35 bits per heavy atom. The molecule has 0 aliphatic carbocycles. The lowest BCUT2D eigenvalue weighted by molar-refractivity contribution is 0.547. The molecule has 0 saturated carbocycles. The summed E-state index contributed by atoms with van der Waals surface area (Å²) in [6.07, 6.45) is 5.67. The molecular weight excluding hydrogens is 255 g/mol. The summed E-state index contributed by atoms with van der Waals surface area (Å²) in [7, 11) is 0. The van der Waals surface area contributed by atoms with Crippen LogP contribution in [0.3, 0.4) is 0 Å². The second-order valence-electron chi connectivity index (χ2n) is 5.23. The number of pyridine rings is 1. The number of hydrogen-bond acceptors (Lipinski definition) is 3. The highest BCUT2D eigenvalue weighted by Crippen LogP contribution is 2.15. The minimum Gasteiger partial charge on any atom is -0.312 e. The topological polar surface area (TPSA) is 42.7 Å². The molecule has 0 saturated heterocycles. The van der Waals surface area contributed by atoms with Crippen LogP contribution in [0, 0.1) is 11.7 Å². The molecular formula is C15H21FN4. The van der Waals surface area contributed by atoms with E-state index in [1.165, 1.54) is 12.3 Å². The van der Waals surface area contributed by atoms with Crippen LogP contribution in [0.5, 0.6) is 0 Å². The fourth-order valence-electron chi connectivity index (χ4n) is 2.11. The molecule has 2 heterocycles. The molecule has 0 fully saturated rings. The van der Waals surface area contributed by atoms with Crippen molar-refractivity contribution in [1.29, 1.82) is 0 Å². The maximum Gasteiger partial charge on any atom is 0.142 e. The fraction of sp³-hybridized carbons (Fsp3) is 0.467. The van der Waals surface area contributed by atoms with Crippen LogP contribution in [-0.4, -0.2) is 21.1 Å². The van der Waals surface area contributed by atoms with Crippen molar-refractivity contribution in [2.24, 2.45) is 5.92 Å². The van der Waals surface area contributed by atoms with Crippen LogP contribution >= 0.6 is 0 Å². The molecule has 2 aromatic rings. The second kappa shape index (κ2) is 6.61. The van der Waals surface area contributed by atoms with E-state index in [1.54, 1.807) is 6.20 Å². The average molecular weight is 276 g/mol. The summed E-state index contributed by atoms with van der Waals surface area (Å²) in [5, 5.41) is 3.33. The molecule has 0 aliphatic rings. The molecule has 108 valence electrons. The van der Waals surface area contributed by atoms with Crippen LogP contribution in [0.2, 0.25) is 0 Å². The number of aromatic nitrogens is 3. The number of nitrogens with one attached hydrogen (secondary N) is 1. The first-order valence-electron chi connectivity index (χ1n) is 6.99. The number of rotatable bonds is 6. The van der Waals surface area contributed by atoms with E-state index in [4.69, 9.17) is 0 Å². The van der Waals surface area contributed by atoms with E-state index in [-0.39, 0.29) is 5.82 Å². The van der Waals surface area contributed by atoms with E-state index in [0.717, 1.165) is 30.2 Å². The van der Waals surface area contributed by atoms with E-state index in [9.17, 15) is 4.39 Å². The van der Waals surface area contributed by atoms with Gasteiger partial charge in [0.1, 0.15) is 17.5 Å². The molecule has 0 bridgehead atoms. The number of nitrogens with zero attached hydrogens (tertiary/aromatic N) is 3. The van der Waals surface area contributed by atoms with Gasteiger partial charge in [0.15, 0.2) is 0 Å². The molecule has 0 aromatic carbocycles. The molecule has 0 spiro atoms. The summed E-state index contributed by atoms with van der Waals surface area (Å²) in [6, 6.07) is 1.54. The van der Waals surface area contributed by atoms with Gasteiger partial charge < -0.3 is 5.32 Å². The van der Waals surface area contributed by atoms with Crippen molar-refractivity contribution in [3.8, 4) is 5.82 Å². The van der Waals surface area contributed by atoms with E-state index in [0.29, 0.717) is 12.5 Å². The highest BCUT2D eigenvalue weighted by molar-refractivity contribution is 5.35. The molecule has 0 aliphatic heterocycles. The molecule has 0 radical (unpaired) electrons. The van der Waals surface area contributed by atoms with Crippen molar-refractivity contribution in [3.05, 3.63) is 41.9 Å². The summed E-state index contributed by atoms with van der Waals surface area (Å²) in [6.45, 7) is 7.81.